The summed E-state index contributed by atoms with van der Waals surface area (Å²) in [5.41, 5.74) is 0. The first-order chi connectivity index (χ1) is 7.54. The lowest BCUT2D eigenvalue weighted by atomic mass is 10.1. The summed E-state index contributed by atoms with van der Waals surface area (Å²) in [4.78, 5) is 19.2. The van der Waals surface area contributed by atoms with E-state index in [0.717, 1.165) is 5.03 Å². The van der Waals surface area contributed by atoms with Gasteiger partial charge in [-0.1, -0.05) is 13.8 Å². The van der Waals surface area contributed by atoms with E-state index in [1.165, 1.54) is 18.0 Å². The molecule has 0 spiro atoms. The SMILES string of the molecule is CSc1cncc(N[C@H](C(=O)O)C(C)C)n1. The van der Waals surface area contributed by atoms with E-state index in [1.54, 1.807) is 6.20 Å². The third kappa shape index (κ3) is 3.37. The number of rotatable bonds is 5. The quantitative estimate of drug-likeness (QED) is 0.764. The number of hydrogen-bond acceptors (Lipinski definition) is 5. The Labute approximate surface area is 98.7 Å². The maximum Gasteiger partial charge on any atom is 0.326 e. The Bertz CT molecular complexity index is 371. The molecule has 1 atom stereocenters. The van der Waals surface area contributed by atoms with Crippen molar-refractivity contribution in [3.63, 3.8) is 0 Å². The van der Waals surface area contributed by atoms with Crippen LogP contribution in [0.3, 0.4) is 0 Å². The predicted molar refractivity (Wildman–Crippen MR) is 63.7 cm³/mol. The minimum atomic E-state index is -0.883. The first-order valence-corrected chi connectivity index (χ1v) is 6.12. The Kier molecular flexibility index (Phi) is 4.54. The molecular weight excluding hydrogens is 226 g/mol. The lowest BCUT2D eigenvalue weighted by Crippen LogP contribution is -2.34. The molecule has 1 heterocycles. The normalized spacial score (nSPS) is 12.5. The second-order valence-corrected chi connectivity index (χ2v) is 4.48. The van der Waals surface area contributed by atoms with Crippen LogP contribution in [0.1, 0.15) is 13.8 Å². The molecule has 0 bridgehead atoms. The lowest BCUT2D eigenvalue weighted by Gasteiger charge is -2.18. The molecule has 0 aliphatic heterocycles. The molecule has 2 N–H and O–H groups in total. The van der Waals surface area contributed by atoms with Crippen molar-refractivity contribution < 1.29 is 9.90 Å². The van der Waals surface area contributed by atoms with E-state index in [-0.39, 0.29) is 5.92 Å². The van der Waals surface area contributed by atoms with Crippen molar-refractivity contribution in [2.75, 3.05) is 11.6 Å². The Balaban J connectivity index is 2.81. The minimum absolute atomic E-state index is 0.0164. The average molecular weight is 241 g/mol. The van der Waals surface area contributed by atoms with Crippen LogP contribution in [0.5, 0.6) is 0 Å². The summed E-state index contributed by atoms with van der Waals surface area (Å²) in [5, 5.41) is 12.6. The molecule has 0 saturated heterocycles. The van der Waals surface area contributed by atoms with Crippen molar-refractivity contribution in [3.05, 3.63) is 12.4 Å². The highest BCUT2D eigenvalue weighted by molar-refractivity contribution is 7.98. The maximum absolute atomic E-state index is 11.0. The number of carboxylic acids is 1. The van der Waals surface area contributed by atoms with Crippen molar-refractivity contribution in [3.8, 4) is 0 Å². The molecule has 6 heteroatoms. The van der Waals surface area contributed by atoms with Crippen LogP contribution in [0.15, 0.2) is 17.4 Å². The fraction of sp³-hybridized carbons (Fsp3) is 0.500. The molecule has 5 nitrogen and oxygen atoms in total. The van der Waals surface area contributed by atoms with Crippen LogP contribution in [0, 0.1) is 5.92 Å². The van der Waals surface area contributed by atoms with Crippen LogP contribution in [0.2, 0.25) is 0 Å². The smallest absolute Gasteiger partial charge is 0.326 e. The summed E-state index contributed by atoms with van der Waals surface area (Å²) in [6.45, 7) is 3.69. The summed E-state index contributed by atoms with van der Waals surface area (Å²) >= 11 is 1.47. The number of carboxylic acid groups (broad SMARTS) is 1. The number of aromatic nitrogens is 2. The van der Waals surface area contributed by atoms with E-state index in [1.807, 2.05) is 20.1 Å². The van der Waals surface area contributed by atoms with Crippen molar-refractivity contribution in [2.24, 2.45) is 5.92 Å². The highest BCUT2D eigenvalue weighted by atomic mass is 32.2. The Morgan fingerprint density at radius 2 is 2.19 bits per heavy atom. The molecule has 0 unspecified atom stereocenters. The minimum Gasteiger partial charge on any atom is -0.480 e. The Morgan fingerprint density at radius 3 is 2.69 bits per heavy atom. The average Bonchev–Trinajstić information content (AvgIpc) is 2.25. The van der Waals surface area contributed by atoms with Crippen LogP contribution >= 0.6 is 11.8 Å². The van der Waals surface area contributed by atoms with E-state index in [0.29, 0.717) is 5.82 Å². The van der Waals surface area contributed by atoms with Gasteiger partial charge in [-0.15, -0.1) is 11.8 Å². The zero-order valence-electron chi connectivity index (χ0n) is 9.47. The molecule has 1 aromatic heterocycles. The van der Waals surface area contributed by atoms with Gasteiger partial charge in [0.2, 0.25) is 0 Å². The monoisotopic (exact) mass is 241 g/mol. The summed E-state index contributed by atoms with van der Waals surface area (Å²) in [6.07, 6.45) is 5.06. The number of aliphatic carboxylic acids is 1. The van der Waals surface area contributed by atoms with E-state index < -0.39 is 12.0 Å². The molecule has 0 aliphatic rings. The van der Waals surface area contributed by atoms with Gasteiger partial charge in [-0.2, -0.15) is 0 Å². The first kappa shape index (κ1) is 12.8. The van der Waals surface area contributed by atoms with Gasteiger partial charge in [0, 0.05) is 0 Å². The van der Waals surface area contributed by atoms with Crippen molar-refractivity contribution in [2.45, 2.75) is 24.9 Å². The first-order valence-electron chi connectivity index (χ1n) is 4.90. The van der Waals surface area contributed by atoms with Crippen LogP contribution in [-0.2, 0) is 4.79 Å². The Hall–Kier alpha value is -1.30. The van der Waals surface area contributed by atoms with Crippen LogP contribution in [0.25, 0.3) is 0 Å². The molecule has 0 fully saturated rings. The topological polar surface area (TPSA) is 75.1 Å². The second-order valence-electron chi connectivity index (χ2n) is 3.65. The number of hydrogen-bond donors (Lipinski definition) is 2. The molecule has 0 amide bonds. The van der Waals surface area contributed by atoms with Crippen LogP contribution in [-0.4, -0.2) is 33.3 Å². The van der Waals surface area contributed by atoms with Gasteiger partial charge in [0.15, 0.2) is 0 Å². The summed E-state index contributed by atoms with van der Waals surface area (Å²) in [7, 11) is 0. The molecule has 0 aliphatic carbocycles. The van der Waals surface area contributed by atoms with Gasteiger partial charge in [0.05, 0.1) is 12.4 Å². The van der Waals surface area contributed by atoms with Crippen LogP contribution in [0.4, 0.5) is 5.82 Å². The second kappa shape index (κ2) is 5.69. The van der Waals surface area contributed by atoms with E-state index in [9.17, 15) is 4.79 Å². The van der Waals surface area contributed by atoms with Crippen molar-refractivity contribution >= 4 is 23.5 Å². The standard InChI is InChI=1S/C10H15N3O2S/c1-6(2)9(10(14)15)13-7-4-11-5-8(12-7)16-3/h4-6,9H,1-3H3,(H,12,13)(H,14,15)/t9-/m0/s1. The van der Waals surface area contributed by atoms with Gasteiger partial charge in [-0.25, -0.2) is 9.78 Å². The number of carbonyl (C=O) groups is 1. The van der Waals surface area contributed by atoms with Crippen molar-refractivity contribution in [1.29, 1.82) is 0 Å². The lowest BCUT2D eigenvalue weighted by molar-refractivity contribution is -0.138. The van der Waals surface area contributed by atoms with Gasteiger partial charge in [-0.05, 0) is 12.2 Å². The van der Waals surface area contributed by atoms with Gasteiger partial charge >= 0.3 is 5.97 Å². The molecule has 0 aromatic carbocycles. The fourth-order valence-corrected chi connectivity index (χ4v) is 1.54. The predicted octanol–water partition coefficient (Wildman–Crippen LogP) is 1.72. The zero-order chi connectivity index (χ0) is 12.1. The number of anilines is 1. The van der Waals surface area contributed by atoms with Gasteiger partial charge in [0.1, 0.15) is 16.9 Å². The fourth-order valence-electron chi connectivity index (χ4n) is 1.19. The van der Waals surface area contributed by atoms with E-state index in [4.69, 9.17) is 5.11 Å². The molecular formula is C10H15N3O2S. The summed E-state index contributed by atoms with van der Waals surface area (Å²) < 4.78 is 0. The summed E-state index contributed by atoms with van der Waals surface area (Å²) in [6, 6.07) is -0.647. The van der Waals surface area contributed by atoms with Crippen molar-refractivity contribution in [1.82, 2.24) is 9.97 Å². The summed E-state index contributed by atoms with van der Waals surface area (Å²) in [5.74, 6) is -0.406. The third-order valence-electron chi connectivity index (χ3n) is 2.06. The zero-order valence-corrected chi connectivity index (χ0v) is 10.3. The number of nitrogens with zero attached hydrogens (tertiary/aromatic N) is 2. The third-order valence-corrected chi connectivity index (χ3v) is 2.67. The molecule has 1 aromatic rings. The number of nitrogens with one attached hydrogen (secondary N) is 1. The van der Waals surface area contributed by atoms with Crippen LogP contribution < -0.4 is 5.32 Å². The highest BCUT2D eigenvalue weighted by Gasteiger charge is 2.21. The van der Waals surface area contributed by atoms with E-state index in [2.05, 4.69) is 15.3 Å². The Morgan fingerprint density at radius 1 is 1.50 bits per heavy atom. The van der Waals surface area contributed by atoms with E-state index >= 15 is 0 Å². The number of thioether (sulfide) groups is 1. The van der Waals surface area contributed by atoms with Gasteiger partial charge in [0.25, 0.3) is 0 Å². The molecule has 1 rings (SSSR count). The highest BCUT2D eigenvalue weighted by Crippen LogP contribution is 2.14. The van der Waals surface area contributed by atoms with Gasteiger partial charge in [-0.3, -0.25) is 4.98 Å². The largest absolute Gasteiger partial charge is 0.480 e. The molecule has 0 saturated carbocycles. The molecule has 88 valence electrons. The molecule has 0 radical (unpaired) electrons. The van der Waals surface area contributed by atoms with Gasteiger partial charge < -0.3 is 10.4 Å². The molecule has 16 heavy (non-hydrogen) atoms. The maximum atomic E-state index is 11.0.